The molecule has 3 rings (SSSR count). The zero-order chi connectivity index (χ0) is 18.7. The number of nitrogens with one attached hydrogen (secondary N) is 1. The van der Waals surface area contributed by atoms with Gasteiger partial charge >= 0.3 is 5.97 Å². The maximum Gasteiger partial charge on any atom is 0.339 e. The predicted molar refractivity (Wildman–Crippen MR) is 96.9 cm³/mol. The van der Waals surface area contributed by atoms with Gasteiger partial charge in [-0.1, -0.05) is 17.7 Å². The fourth-order valence-electron chi connectivity index (χ4n) is 2.69. The lowest BCUT2D eigenvalue weighted by Gasteiger charge is -2.19. The van der Waals surface area contributed by atoms with Crippen molar-refractivity contribution in [1.29, 1.82) is 0 Å². The van der Waals surface area contributed by atoms with E-state index in [-0.39, 0.29) is 0 Å². The quantitative estimate of drug-likeness (QED) is 0.852. The van der Waals surface area contributed by atoms with Crippen LogP contribution in [0.15, 0.2) is 36.4 Å². The number of benzene rings is 2. The molecule has 136 valence electrons. The maximum atomic E-state index is 12.3. The molecule has 0 aromatic heterocycles. The third kappa shape index (κ3) is 3.96. The first-order chi connectivity index (χ1) is 12.4. The van der Waals surface area contributed by atoms with E-state index in [0.29, 0.717) is 36.0 Å². The number of fused-ring (bicyclic) bond motifs is 1. The van der Waals surface area contributed by atoms with Gasteiger partial charge in [0.25, 0.3) is 5.91 Å². The molecule has 0 fully saturated rings. The Morgan fingerprint density at radius 2 is 1.77 bits per heavy atom. The van der Waals surface area contributed by atoms with E-state index in [0.717, 1.165) is 11.1 Å². The molecule has 26 heavy (non-hydrogen) atoms. The Labute approximate surface area is 152 Å². The molecule has 0 unspecified atom stereocenters. The molecule has 0 bridgehead atoms. The normalized spacial score (nSPS) is 13.7. The van der Waals surface area contributed by atoms with Crippen LogP contribution in [0.1, 0.15) is 28.4 Å². The molecule has 1 heterocycles. The van der Waals surface area contributed by atoms with Crippen LogP contribution in [0.25, 0.3) is 0 Å². The minimum absolute atomic E-state index is 0.417. The summed E-state index contributed by atoms with van der Waals surface area (Å²) in [5.41, 5.74) is 2.88. The zero-order valence-corrected chi connectivity index (χ0v) is 15.0. The molecule has 6 nitrogen and oxygen atoms in total. The molecular formula is C20H21NO5. The monoisotopic (exact) mass is 355 g/mol. The summed E-state index contributed by atoms with van der Waals surface area (Å²) in [4.78, 5) is 24.6. The number of carbonyl (C=O) groups is 2. The summed E-state index contributed by atoms with van der Waals surface area (Å²) < 4.78 is 16.2. The van der Waals surface area contributed by atoms with Crippen molar-refractivity contribution in [3.8, 4) is 11.5 Å². The summed E-state index contributed by atoms with van der Waals surface area (Å²) in [6.45, 7) is 6.29. The minimum Gasteiger partial charge on any atom is -0.486 e. The predicted octanol–water partition coefficient (Wildman–Crippen LogP) is 3.26. The van der Waals surface area contributed by atoms with Gasteiger partial charge in [-0.05, 0) is 44.5 Å². The van der Waals surface area contributed by atoms with Crippen molar-refractivity contribution in [2.75, 3.05) is 18.5 Å². The fourth-order valence-corrected chi connectivity index (χ4v) is 2.69. The van der Waals surface area contributed by atoms with Crippen LogP contribution in [0.4, 0.5) is 5.69 Å². The Hall–Kier alpha value is -3.02. The lowest BCUT2D eigenvalue weighted by atomic mass is 10.1. The van der Waals surface area contributed by atoms with Crippen molar-refractivity contribution < 1.29 is 23.8 Å². The number of esters is 1. The number of hydrogen-bond acceptors (Lipinski definition) is 5. The molecule has 0 spiro atoms. The molecule has 0 radical (unpaired) electrons. The second-order valence-electron chi connectivity index (χ2n) is 6.21. The van der Waals surface area contributed by atoms with Gasteiger partial charge in [0.1, 0.15) is 13.2 Å². The average Bonchev–Trinajstić information content (AvgIpc) is 2.61. The van der Waals surface area contributed by atoms with E-state index >= 15 is 0 Å². The van der Waals surface area contributed by atoms with E-state index in [1.807, 2.05) is 26.0 Å². The zero-order valence-electron chi connectivity index (χ0n) is 15.0. The van der Waals surface area contributed by atoms with E-state index < -0.39 is 18.0 Å². The third-order valence-corrected chi connectivity index (χ3v) is 4.06. The summed E-state index contributed by atoms with van der Waals surface area (Å²) in [6, 6.07) is 10.6. The smallest absolute Gasteiger partial charge is 0.339 e. The summed E-state index contributed by atoms with van der Waals surface area (Å²) in [7, 11) is 0. The van der Waals surface area contributed by atoms with Crippen molar-refractivity contribution in [3.63, 3.8) is 0 Å². The number of aryl methyl sites for hydroxylation is 2. The Morgan fingerprint density at radius 1 is 1.04 bits per heavy atom. The summed E-state index contributed by atoms with van der Waals surface area (Å²) in [5, 5.41) is 2.72. The van der Waals surface area contributed by atoms with Gasteiger partial charge in [-0.15, -0.1) is 0 Å². The van der Waals surface area contributed by atoms with E-state index in [1.165, 1.54) is 6.92 Å². The van der Waals surface area contributed by atoms with Crippen molar-refractivity contribution >= 4 is 17.6 Å². The first kappa shape index (κ1) is 17.8. The number of carbonyl (C=O) groups excluding carboxylic acids is 2. The van der Waals surface area contributed by atoms with Gasteiger partial charge in [-0.3, -0.25) is 4.79 Å². The standard InChI is InChI=1S/C20H21NO5/c1-12-4-6-16(13(2)10-12)20(23)26-14(3)19(22)21-15-5-7-17-18(11-15)25-9-8-24-17/h4-7,10-11,14H,8-9H2,1-3H3,(H,21,22)/t14-/m1/s1. The van der Waals surface area contributed by atoms with Gasteiger partial charge in [0.2, 0.25) is 0 Å². The van der Waals surface area contributed by atoms with Crippen molar-refractivity contribution in [1.82, 2.24) is 0 Å². The van der Waals surface area contributed by atoms with Gasteiger partial charge in [0, 0.05) is 11.8 Å². The molecule has 2 aromatic rings. The highest BCUT2D eigenvalue weighted by Crippen LogP contribution is 2.32. The lowest BCUT2D eigenvalue weighted by molar-refractivity contribution is -0.123. The van der Waals surface area contributed by atoms with Crippen LogP contribution < -0.4 is 14.8 Å². The first-order valence-electron chi connectivity index (χ1n) is 8.43. The van der Waals surface area contributed by atoms with Gasteiger partial charge < -0.3 is 19.5 Å². The third-order valence-electron chi connectivity index (χ3n) is 4.06. The van der Waals surface area contributed by atoms with E-state index in [9.17, 15) is 9.59 Å². The van der Waals surface area contributed by atoms with Crippen LogP contribution in [0.5, 0.6) is 11.5 Å². The van der Waals surface area contributed by atoms with Crippen LogP contribution in [-0.2, 0) is 9.53 Å². The largest absolute Gasteiger partial charge is 0.486 e. The number of anilines is 1. The molecular weight excluding hydrogens is 334 g/mol. The highest BCUT2D eigenvalue weighted by Gasteiger charge is 2.21. The Balaban J connectivity index is 1.63. The second-order valence-corrected chi connectivity index (χ2v) is 6.21. The van der Waals surface area contributed by atoms with Crippen LogP contribution in [0.3, 0.4) is 0 Å². The molecule has 1 aliphatic rings. The van der Waals surface area contributed by atoms with Gasteiger partial charge in [-0.25, -0.2) is 4.79 Å². The molecule has 0 saturated heterocycles. The Kier molecular flexibility index (Phi) is 5.11. The molecule has 0 aliphatic carbocycles. The summed E-state index contributed by atoms with van der Waals surface area (Å²) in [6.07, 6.45) is -0.934. The van der Waals surface area contributed by atoms with Crippen molar-refractivity contribution in [2.24, 2.45) is 0 Å². The molecule has 6 heteroatoms. The minimum atomic E-state index is -0.934. The molecule has 1 N–H and O–H groups in total. The second kappa shape index (κ2) is 7.47. The van der Waals surface area contributed by atoms with Crippen LogP contribution in [0, 0.1) is 13.8 Å². The fraction of sp³-hybridized carbons (Fsp3) is 0.300. The average molecular weight is 355 g/mol. The highest BCUT2D eigenvalue weighted by molar-refractivity contribution is 5.98. The molecule has 1 aliphatic heterocycles. The number of hydrogen-bond donors (Lipinski definition) is 1. The van der Waals surface area contributed by atoms with Crippen molar-refractivity contribution in [2.45, 2.75) is 26.9 Å². The summed E-state index contributed by atoms with van der Waals surface area (Å²) in [5.74, 6) is 0.282. The lowest BCUT2D eigenvalue weighted by Crippen LogP contribution is -2.30. The van der Waals surface area contributed by atoms with Crippen molar-refractivity contribution in [3.05, 3.63) is 53.1 Å². The Morgan fingerprint density at radius 3 is 2.50 bits per heavy atom. The van der Waals surface area contributed by atoms with Crippen LogP contribution >= 0.6 is 0 Å². The number of amides is 1. The number of rotatable bonds is 4. The summed E-state index contributed by atoms with van der Waals surface area (Å²) >= 11 is 0. The maximum absolute atomic E-state index is 12.3. The Bertz CT molecular complexity index is 846. The van der Waals surface area contributed by atoms with Gasteiger partial charge in [0.05, 0.1) is 5.56 Å². The SMILES string of the molecule is Cc1ccc(C(=O)O[C@H](C)C(=O)Nc2ccc3c(c2)OCCO3)c(C)c1. The van der Waals surface area contributed by atoms with Crippen LogP contribution in [0.2, 0.25) is 0 Å². The molecule has 1 atom stereocenters. The van der Waals surface area contributed by atoms with Crippen LogP contribution in [-0.4, -0.2) is 31.2 Å². The van der Waals surface area contributed by atoms with E-state index in [4.69, 9.17) is 14.2 Å². The van der Waals surface area contributed by atoms with Gasteiger partial charge in [-0.2, -0.15) is 0 Å². The molecule has 2 aromatic carbocycles. The van der Waals surface area contributed by atoms with E-state index in [1.54, 1.807) is 24.3 Å². The highest BCUT2D eigenvalue weighted by atomic mass is 16.6. The van der Waals surface area contributed by atoms with E-state index in [2.05, 4.69) is 5.32 Å². The molecule has 1 amide bonds. The topological polar surface area (TPSA) is 73.9 Å². The number of ether oxygens (including phenoxy) is 3. The molecule has 0 saturated carbocycles. The first-order valence-corrected chi connectivity index (χ1v) is 8.43. The van der Waals surface area contributed by atoms with Gasteiger partial charge in [0.15, 0.2) is 17.6 Å².